The fourth-order valence-corrected chi connectivity index (χ4v) is 2.24. The maximum Gasteiger partial charge on any atom is 0.0991 e. The van der Waals surface area contributed by atoms with Gasteiger partial charge in [-0.25, -0.2) is 0 Å². The molecule has 3 nitrogen and oxygen atoms in total. The van der Waals surface area contributed by atoms with Crippen LogP contribution < -0.4 is 5.32 Å². The molecular formula is C18H20N2O. The summed E-state index contributed by atoms with van der Waals surface area (Å²) in [6.45, 7) is 2.59. The molecule has 0 spiro atoms. The molecule has 0 fully saturated rings. The Hall–Kier alpha value is -2.15. The van der Waals surface area contributed by atoms with Crippen LogP contribution in [0.2, 0.25) is 0 Å². The number of nitrogens with zero attached hydrogens (tertiary/aromatic N) is 1. The Morgan fingerprint density at radius 3 is 2.38 bits per heavy atom. The normalized spacial score (nSPS) is 13.4. The van der Waals surface area contributed by atoms with Crippen molar-refractivity contribution in [1.82, 2.24) is 5.32 Å². The summed E-state index contributed by atoms with van der Waals surface area (Å²) in [4.78, 5) is 0. The quantitative estimate of drug-likeness (QED) is 0.855. The third kappa shape index (κ3) is 4.71. The second-order valence-corrected chi connectivity index (χ2v) is 5.21. The molecule has 0 saturated heterocycles. The molecule has 0 unspecified atom stereocenters. The Kier molecular flexibility index (Phi) is 5.51. The van der Waals surface area contributed by atoms with Crippen molar-refractivity contribution in [2.24, 2.45) is 0 Å². The standard InChI is InChI=1S/C18H20N2O/c1-14(17-9-7-16(12-19)8-10-17)20-13-18(21)11-15-5-3-2-4-6-15/h2-10,14,18,20-21H,11,13H2,1H3/t14-,18-/m1/s1. The van der Waals surface area contributed by atoms with E-state index < -0.39 is 6.10 Å². The lowest BCUT2D eigenvalue weighted by atomic mass is 10.1. The summed E-state index contributed by atoms with van der Waals surface area (Å²) >= 11 is 0. The van der Waals surface area contributed by atoms with E-state index in [0.717, 1.165) is 11.1 Å². The number of hydrogen-bond donors (Lipinski definition) is 2. The van der Waals surface area contributed by atoms with Crippen LogP contribution in [0.3, 0.4) is 0 Å². The maximum atomic E-state index is 10.1. The fourth-order valence-electron chi connectivity index (χ4n) is 2.24. The molecule has 3 heteroatoms. The van der Waals surface area contributed by atoms with Crippen LogP contribution in [0.25, 0.3) is 0 Å². The van der Waals surface area contributed by atoms with Gasteiger partial charge in [-0.2, -0.15) is 5.26 Å². The average molecular weight is 280 g/mol. The Labute approximate surface area is 125 Å². The highest BCUT2D eigenvalue weighted by Crippen LogP contribution is 2.13. The van der Waals surface area contributed by atoms with Gasteiger partial charge >= 0.3 is 0 Å². The Morgan fingerprint density at radius 2 is 1.76 bits per heavy atom. The van der Waals surface area contributed by atoms with Crippen LogP contribution in [0.5, 0.6) is 0 Å². The monoisotopic (exact) mass is 280 g/mol. The number of benzene rings is 2. The fraction of sp³-hybridized carbons (Fsp3) is 0.278. The van der Waals surface area contributed by atoms with Gasteiger partial charge in [0.15, 0.2) is 0 Å². The van der Waals surface area contributed by atoms with Gasteiger partial charge in [-0.1, -0.05) is 42.5 Å². The molecule has 0 aliphatic carbocycles. The molecular weight excluding hydrogens is 260 g/mol. The predicted molar refractivity (Wildman–Crippen MR) is 83.7 cm³/mol. The summed E-state index contributed by atoms with van der Waals surface area (Å²) in [5.74, 6) is 0. The summed E-state index contributed by atoms with van der Waals surface area (Å²) in [7, 11) is 0. The van der Waals surface area contributed by atoms with Crippen LogP contribution in [0.4, 0.5) is 0 Å². The van der Waals surface area contributed by atoms with Gasteiger partial charge in [0.25, 0.3) is 0 Å². The van der Waals surface area contributed by atoms with Gasteiger partial charge in [0.1, 0.15) is 0 Å². The maximum absolute atomic E-state index is 10.1. The van der Waals surface area contributed by atoms with Crippen molar-refractivity contribution < 1.29 is 5.11 Å². The number of rotatable bonds is 6. The Bertz CT molecular complexity index is 587. The molecule has 0 aromatic heterocycles. The lowest BCUT2D eigenvalue weighted by Gasteiger charge is -2.17. The van der Waals surface area contributed by atoms with Crippen LogP contribution in [0, 0.1) is 11.3 Å². The zero-order valence-corrected chi connectivity index (χ0v) is 12.2. The minimum absolute atomic E-state index is 0.142. The number of aliphatic hydroxyl groups excluding tert-OH is 1. The first-order chi connectivity index (χ1) is 10.2. The van der Waals surface area contributed by atoms with E-state index in [1.807, 2.05) is 54.6 Å². The topological polar surface area (TPSA) is 56.0 Å². The van der Waals surface area contributed by atoms with Crippen molar-refractivity contribution in [3.63, 3.8) is 0 Å². The highest BCUT2D eigenvalue weighted by molar-refractivity contribution is 5.32. The first-order valence-corrected chi connectivity index (χ1v) is 7.14. The summed E-state index contributed by atoms with van der Waals surface area (Å²) < 4.78 is 0. The zero-order valence-electron chi connectivity index (χ0n) is 12.2. The zero-order chi connectivity index (χ0) is 15.1. The Morgan fingerprint density at radius 1 is 1.10 bits per heavy atom. The third-order valence-corrected chi connectivity index (χ3v) is 3.51. The van der Waals surface area contributed by atoms with Crippen LogP contribution >= 0.6 is 0 Å². The lowest BCUT2D eigenvalue weighted by Crippen LogP contribution is -2.30. The average Bonchev–Trinajstić information content (AvgIpc) is 2.53. The second-order valence-electron chi connectivity index (χ2n) is 5.21. The largest absolute Gasteiger partial charge is 0.391 e. The molecule has 2 aromatic carbocycles. The van der Waals surface area contributed by atoms with Crippen LogP contribution in [-0.2, 0) is 6.42 Å². The molecule has 0 aliphatic rings. The summed E-state index contributed by atoms with van der Waals surface area (Å²) in [6.07, 6.45) is 0.238. The van der Waals surface area contributed by atoms with Crippen molar-refractivity contribution in [2.75, 3.05) is 6.54 Å². The molecule has 0 heterocycles. The lowest BCUT2D eigenvalue weighted by molar-refractivity contribution is 0.168. The van der Waals surface area contributed by atoms with E-state index in [0.29, 0.717) is 18.5 Å². The minimum atomic E-state index is -0.409. The molecule has 2 atom stereocenters. The van der Waals surface area contributed by atoms with E-state index in [4.69, 9.17) is 5.26 Å². The van der Waals surface area contributed by atoms with Gasteiger partial charge in [-0.3, -0.25) is 0 Å². The molecule has 21 heavy (non-hydrogen) atoms. The summed E-state index contributed by atoms with van der Waals surface area (Å²) in [5.41, 5.74) is 2.91. The van der Waals surface area contributed by atoms with Crippen molar-refractivity contribution >= 4 is 0 Å². The van der Waals surface area contributed by atoms with Crippen LogP contribution in [0.15, 0.2) is 54.6 Å². The van der Waals surface area contributed by atoms with E-state index in [1.165, 1.54) is 0 Å². The van der Waals surface area contributed by atoms with Crippen molar-refractivity contribution in [3.8, 4) is 6.07 Å². The van der Waals surface area contributed by atoms with Gasteiger partial charge in [0.2, 0.25) is 0 Å². The molecule has 2 N–H and O–H groups in total. The molecule has 0 amide bonds. The van der Waals surface area contributed by atoms with Crippen LogP contribution in [0.1, 0.15) is 29.7 Å². The molecule has 0 saturated carbocycles. The summed E-state index contributed by atoms with van der Waals surface area (Å²) in [6, 6.07) is 19.7. The molecule has 0 aliphatic heterocycles. The van der Waals surface area contributed by atoms with Gasteiger partial charge < -0.3 is 10.4 Å². The number of aliphatic hydroxyl groups is 1. The highest BCUT2D eigenvalue weighted by Gasteiger charge is 2.09. The van der Waals surface area contributed by atoms with Gasteiger partial charge in [-0.15, -0.1) is 0 Å². The highest BCUT2D eigenvalue weighted by atomic mass is 16.3. The molecule has 108 valence electrons. The number of hydrogen-bond acceptors (Lipinski definition) is 3. The number of nitriles is 1. The van der Waals surface area contributed by atoms with Crippen molar-refractivity contribution in [2.45, 2.75) is 25.5 Å². The van der Waals surface area contributed by atoms with Gasteiger partial charge in [0.05, 0.1) is 17.7 Å². The molecule has 2 aromatic rings. The smallest absolute Gasteiger partial charge is 0.0991 e. The SMILES string of the molecule is C[C@@H](NC[C@H](O)Cc1ccccc1)c1ccc(C#N)cc1. The second kappa shape index (κ2) is 7.58. The van der Waals surface area contributed by atoms with E-state index in [9.17, 15) is 5.11 Å². The van der Waals surface area contributed by atoms with E-state index in [2.05, 4.69) is 18.3 Å². The van der Waals surface area contributed by atoms with Crippen molar-refractivity contribution in [3.05, 3.63) is 71.3 Å². The first kappa shape index (κ1) is 15.2. The van der Waals surface area contributed by atoms with E-state index in [1.54, 1.807) is 0 Å². The molecule has 2 rings (SSSR count). The predicted octanol–water partition coefficient (Wildman–Crippen LogP) is 2.81. The van der Waals surface area contributed by atoms with E-state index in [-0.39, 0.29) is 6.04 Å². The van der Waals surface area contributed by atoms with Gasteiger partial charge in [-0.05, 0) is 36.6 Å². The number of nitrogens with one attached hydrogen (secondary N) is 1. The minimum Gasteiger partial charge on any atom is -0.391 e. The third-order valence-electron chi connectivity index (χ3n) is 3.51. The molecule has 0 bridgehead atoms. The van der Waals surface area contributed by atoms with Crippen LogP contribution in [-0.4, -0.2) is 17.8 Å². The van der Waals surface area contributed by atoms with Crippen molar-refractivity contribution in [1.29, 1.82) is 5.26 Å². The molecule has 0 radical (unpaired) electrons. The summed E-state index contributed by atoms with van der Waals surface area (Å²) in [5, 5.41) is 22.2. The van der Waals surface area contributed by atoms with E-state index >= 15 is 0 Å². The van der Waals surface area contributed by atoms with Gasteiger partial charge in [0, 0.05) is 12.6 Å². The Balaban J connectivity index is 1.82. The first-order valence-electron chi connectivity index (χ1n) is 7.14.